The van der Waals surface area contributed by atoms with E-state index in [1.807, 2.05) is 6.92 Å². The summed E-state index contributed by atoms with van der Waals surface area (Å²) in [7, 11) is 1.26. The van der Waals surface area contributed by atoms with E-state index in [0.29, 0.717) is 18.8 Å². The lowest BCUT2D eigenvalue weighted by Crippen LogP contribution is -2.53. The molecule has 0 unspecified atom stereocenters. The van der Waals surface area contributed by atoms with Crippen molar-refractivity contribution < 1.29 is 23.9 Å². The zero-order valence-corrected chi connectivity index (χ0v) is 15.6. The summed E-state index contributed by atoms with van der Waals surface area (Å²) in [6.45, 7) is 2.93. The third kappa shape index (κ3) is 6.62. The number of benzene rings is 1. The number of nitrogens with one attached hydrogen (secondary N) is 3. The molecule has 1 aliphatic rings. The van der Waals surface area contributed by atoms with Crippen LogP contribution in [0.5, 0.6) is 0 Å². The Balaban J connectivity index is 0.00000338. The topological polar surface area (TPSA) is 106 Å². The van der Waals surface area contributed by atoms with Gasteiger partial charge in [0.25, 0.3) is 0 Å². The van der Waals surface area contributed by atoms with Gasteiger partial charge in [0, 0.05) is 12.2 Å². The molecule has 8 nitrogen and oxygen atoms in total. The highest BCUT2D eigenvalue weighted by molar-refractivity contribution is 5.95. The largest absolute Gasteiger partial charge is 0.468 e. The first-order valence-corrected chi connectivity index (χ1v) is 8.08. The number of hydrogen-bond acceptors (Lipinski definition) is 6. The summed E-state index contributed by atoms with van der Waals surface area (Å²) in [6, 6.07) is 6.57. The number of ether oxygens (including phenoxy) is 2. The predicted octanol–water partition coefficient (Wildman–Crippen LogP) is 0.256. The quantitative estimate of drug-likeness (QED) is 0.606. The maximum Gasteiger partial charge on any atom is 0.325 e. The lowest BCUT2D eigenvalue weighted by atomic mass is 10.1. The first-order valence-electron chi connectivity index (χ1n) is 8.08. The van der Waals surface area contributed by atoms with Gasteiger partial charge in [-0.15, -0.1) is 12.4 Å². The number of morpholine rings is 1. The van der Waals surface area contributed by atoms with Gasteiger partial charge in [0.15, 0.2) is 0 Å². The number of halogens is 1. The van der Waals surface area contributed by atoms with Gasteiger partial charge in [-0.25, -0.2) is 0 Å². The number of esters is 1. The Morgan fingerprint density at radius 1 is 1.27 bits per heavy atom. The fraction of sp³-hybridized carbons (Fsp3) is 0.471. The van der Waals surface area contributed by atoms with E-state index in [4.69, 9.17) is 4.74 Å². The van der Waals surface area contributed by atoms with Gasteiger partial charge in [-0.05, 0) is 24.6 Å². The van der Waals surface area contributed by atoms with Crippen molar-refractivity contribution >= 4 is 35.9 Å². The molecule has 1 heterocycles. The second-order valence-corrected chi connectivity index (χ2v) is 5.72. The van der Waals surface area contributed by atoms with Gasteiger partial charge in [-0.3, -0.25) is 14.4 Å². The summed E-state index contributed by atoms with van der Waals surface area (Å²) in [6.07, 6.45) is -0.0492. The highest BCUT2D eigenvalue weighted by Crippen LogP contribution is 2.12. The average Bonchev–Trinajstić information content (AvgIpc) is 2.61. The Morgan fingerprint density at radius 3 is 2.58 bits per heavy atom. The monoisotopic (exact) mass is 385 g/mol. The molecule has 1 aromatic rings. The van der Waals surface area contributed by atoms with Gasteiger partial charge < -0.3 is 25.4 Å². The third-order valence-corrected chi connectivity index (χ3v) is 3.84. The van der Waals surface area contributed by atoms with Crippen molar-refractivity contribution in [3.8, 4) is 0 Å². The number of methoxy groups -OCH3 is 1. The van der Waals surface area contributed by atoms with E-state index in [2.05, 4.69) is 20.7 Å². The molecule has 0 aliphatic carbocycles. The molecule has 0 radical (unpaired) electrons. The number of anilines is 1. The zero-order valence-electron chi connectivity index (χ0n) is 14.7. The van der Waals surface area contributed by atoms with Gasteiger partial charge in [-0.1, -0.05) is 12.1 Å². The third-order valence-electron chi connectivity index (χ3n) is 3.84. The van der Waals surface area contributed by atoms with Crippen molar-refractivity contribution in [2.75, 3.05) is 32.1 Å². The number of carbonyl (C=O) groups is 3. The minimum atomic E-state index is -0.499. The van der Waals surface area contributed by atoms with Gasteiger partial charge in [0.05, 0.1) is 26.2 Å². The molecule has 9 heteroatoms. The van der Waals surface area contributed by atoms with Crippen LogP contribution in [-0.4, -0.2) is 56.7 Å². The molecular weight excluding hydrogens is 362 g/mol. The molecule has 1 aliphatic heterocycles. The molecule has 3 N–H and O–H groups in total. The highest BCUT2D eigenvalue weighted by Gasteiger charge is 2.28. The van der Waals surface area contributed by atoms with Crippen LogP contribution in [0, 0.1) is 0 Å². The van der Waals surface area contributed by atoms with Crippen molar-refractivity contribution in [3.63, 3.8) is 0 Å². The molecule has 2 amide bonds. The minimum absolute atomic E-state index is 0. The van der Waals surface area contributed by atoms with Crippen LogP contribution in [0.25, 0.3) is 0 Å². The molecular formula is C17H24ClN3O5. The molecule has 1 aromatic carbocycles. The summed E-state index contributed by atoms with van der Waals surface area (Å²) < 4.78 is 9.91. The molecule has 0 spiro atoms. The van der Waals surface area contributed by atoms with Crippen molar-refractivity contribution in [3.05, 3.63) is 29.8 Å². The van der Waals surface area contributed by atoms with E-state index in [1.54, 1.807) is 24.3 Å². The highest BCUT2D eigenvalue weighted by atomic mass is 35.5. The van der Waals surface area contributed by atoms with E-state index in [-0.39, 0.29) is 43.3 Å². The van der Waals surface area contributed by atoms with E-state index in [9.17, 15) is 14.4 Å². The minimum Gasteiger partial charge on any atom is -0.468 e. The molecule has 0 saturated carbocycles. The average molecular weight is 386 g/mol. The van der Waals surface area contributed by atoms with Crippen LogP contribution in [0.15, 0.2) is 24.3 Å². The first kappa shape index (κ1) is 21.9. The molecule has 1 saturated heterocycles. The van der Waals surface area contributed by atoms with Crippen LogP contribution in [0.1, 0.15) is 12.5 Å². The molecule has 0 aromatic heterocycles. The smallest absolute Gasteiger partial charge is 0.325 e. The van der Waals surface area contributed by atoms with Gasteiger partial charge in [-0.2, -0.15) is 0 Å². The van der Waals surface area contributed by atoms with Crippen LogP contribution >= 0.6 is 12.4 Å². The standard InChI is InChI=1S/C17H23N3O5.ClH/c1-11-16(18-7-8-25-11)17(23)20-13-5-3-12(4-6-13)9-14(21)19-10-15(22)24-2;/h3-6,11,16,18H,7-10H2,1-2H3,(H,19,21)(H,20,23);1H/t11-,16+;/m1./s1. The van der Waals surface area contributed by atoms with Crippen LogP contribution in [0.3, 0.4) is 0 Å². The number of amides is 2. The van der Waals surface area contributed by atoms with Crippen LogP contribution in [0.2, 0.25) is 0 Å². The maximum atomic E-state index is 12.3. The number of hydrogen-bond donors (Lipinski definition) is 3. The van der Waals surface area contributed by atoms with Crippen molar-refractivity contribution in [1.29, 1.82) is 0 Å². The van der Waals surface area contributed by atoms with Crippen molar-refractivity contribution in [1.82, 2.24) is 10.6 Å². The van der Waals surface area contributed by atoms with Crippen LogP contribution < -0.4 is 16.0 Å². The number of carbonyl (C=O) groups excluding carboxylic acids is 3. The Bertz CT molecular complexity index is 623. The SMILES string of the molecule is COC(=O)CNC(=O)Cc1ccc(NC(=O)[C@H]2NCCO[C@@H]2C)cc1.Cl. The zero-order chi connectivity index (χ0) is 18.2. The summed E-state index contributed by atoms with van der Waals surface area (Å²) >= 11 is 0. The molecule has 2 rings (SSSR count). The lowest BCUT2D eigenvalue weighted by Gasteiger charge is -2.29. The Labute approximate surface area is 158 Å². The molecule has 26 heavy (non-hydrogen) atoms. The molecule has 2 atom stereocenters. The fourth-order valence-electron chi connectivity index (χ4n) is 2.44. The van der Waals surface area contributed by atoms with Crippen LogP contribution in [0.4, 0.5) is 5.69 Å². The van der Waals surface area contributed by atoms with Gasteiger partial charge in [0.2, 0.25) is 11.8 Å². The maximum absolute atomic E-state index is 12.3. The summed E-state index contributed by atoms with van der Waals surface area (Å²) in [5.41, 5.74) is 1.41. The second-order valence-electron chi connectivity index (χ2n) is 5.72. The Morgan fingerprint density at radius 2 is 1.96 bits per heavy atom. The van der Waals surface area contributed by atoms with E-state index in [0.717, 1.165) is 5.56 Å². The second kappa shape index (κ2) is 10.7. The van der Waals surface area contributed by atoms with Gasteiger partial charge >= 0.3 is 5.97 Å². The summed E-state index contributed by atoms with van der Waals surface area (Å²) in [5.74, 6) is -0.934. The number of rotatable bonds is 6. The first-order chi connectivity index (χ1) is 12.0. The normalized spacial score (nSPS) is 19.0. The molecule has 144 valence electrons. The van der Waals surface area contributed by atoms with E-state index in [1.165, 1.54) is 7.11 Å². The fourth-order valence-corrected chi connectivity index (χ4v) is 2.44. The van der Waals surface area contributed by atoms with E-state index >= 15 is 0 Å². The molecule has 0 bridgehead atoms. The Hall–Kier alpha value is -2.16. The summed E-state index contributed by atoms with van der Waals surface area (Å²) in [4.78, 5) is 35.0. The van der Waals surface area contributed by atoms with Crippen LogP contribution in [-0.2, 0) is 30.3 Å². The Kier molecular flexibility index (Phi) is 9.04. The van der Waals surface area contributed by atoms with Gasteiger partial charge in [0.1, 0.15) is 12.6 Å². The van der Waals surface area contributed by atoms with E-state index < -0.39 is 12.0 Å². The van der Waals surface area contributed by atoms with Crippen molar-refractivity contribution in [2.45, 2.75) is 25.5 Å². The lowest BCUT2D eigenvalue weighted by molar-refractivity contribution is -0.141. The summed E-state index contributed by atoms with van der Waals surface area (Å²) in [5, 5.41) is 8.42. The van der Waals surface area contributed by atoms with Crippen molar-refractivity contribution in [2.24, 2.45) is 0 Å². The molecule has 1 fully saturated rings. The predicted molar refractivity (Wildman–Crippen MR) is 98.3 cm³/mol.